The molecule has 1 aliphatic rings. The molecule has 5 N–H and O–H groups in total. The molecule has 3 aromatic carbocycles. The first kappa shape index (κ1) is 24.7. The number of urea groups is 1. The van der Waals surface area contributed by atoms with Crippen molar-refractivity contribution in [3.63, 3.8) is 0 Å². The average molecular weight is 518 g/mol. The van der Waals surface area contributed by atoms with E-state index in [0.717, 1.165) is 17.3 Å². The third-order valence-electron chi connectivity index (χ3n) is 5.93. The lowest BCUT2D eigenvalue weighted by atomic mass is 10.1. The second-order valence-electron chi connectivity index (χ2n) is 8.71. The summed E-state index contributed by atoms with van der Waals surface area (Å²) in [5, 5.41) is 11.2. The Hall–Kier alpha value is -4.99. The van der Waals surface area contributed by atoms with Crippen molar-refractivity contribution in [3.05, 3.63) is 101 Å². The van der Waals surface area contributed by atoms with E-state index in [1.165, 1.54) is 19.1 Å². The zero-order valence-corrected chi connectivity index (χ0v) is 20.0. The van der Waals surface area contributed by atoms with Crippen molar-refractivity contribution >= 4 is 52.0 Å². The van der Waals surface area contributed by atoms with E-state index in [9.17, 15) is 22.8 Å². The van der Waals surface area contributed by atoms with E-state index >= 15 is 0 Å². The number of aromatic amines is 1. The molecule has 0 spiro atoms. The molecular weight excluding hydrogens is 495 g/mol. The van der Waals surface area contributed by atoms with Gasteiger partial charge in [0.1, 0.15) is 0 Å². The minimum atomic E-state index is -4.52. The second-order valence-corrected chi connectivity index (χ2v) is 8.71. The van der Waals surface area contributed by atoms with E-state index in [-0.39, 0.29) is 17.2 Å². The monoisotopic (exact) mass is 517 g/mol. The van der Waals surface area contributed by atoms with Crippen LogP contribution in [-0.2, 0) is 11.0 Å². The second kappa shape index (κ2) is 9.81. The van der Waals surface area contributed by atoms with Gasteiger partial charge >= 0.3 is 12.2 Å². The van der Waals surface area contributed by atoms with Crippen molar-refractivity contribution in [3.8, 4) is 0 Å². The smallest absolute Gasteiger partial charge is 0.362 e. The third-order valence-corrected chi connectivity index (χ3v) is 5.93. The molecule has 2 heterocycles. The largest absolute Gasteiger partial charge is 0.416 e. The quantitative estimate of drug-likeness (QED) is 0.181. The minimum absolute atomic E-state index is 0.0274. The number of nitrogens with one attached hydrogen (secondary N) is 5. The number of benzene rings is 3. The number of aryl methyl sites for hydroxylation is 1. The van der Waals surface area contributed by atoms with E-state index in [4.69, 9.17) is 0 Å². The molecule has 38 heavy (non-hydrogen) atoms. The zero-order chi connectivity index (χ0) is 26.9. The Kier molecular flexibility index (Phi) is 6.38. The van der Waals surface area contributed by atoms with E-state index < -0.39 is 17.8 Å². The Bertz CT molecular complexity index is 1560. The summed E-state index contributed by atoms with van der Waals surface area (Å²) in [6.45, 7) is 1.36. The van der Waals surface area contributed by atoms with Gasteiger partial charge in [-0.2, -0.15) is 13.2 Å². The number of rotatable bonds is 5. The molecule has 0 aliphatic carbocycles. The van der Waals surface area contributed by atoms with Gasteiger partial charge in [-0.3, -0.25) is 4.79 Å². The van der Waals surface area contributed by atoms with Gasteiger partial charge in [0.2, 0.25) is 0 Å². The van der Waals surface area contributed by atoms with Crippen LogP contribution in [0.15, 0.2) is 79.0 Å². The predicted molar refractivity (Wildman–Crippen MR) is 142 cm³/mol. The molecule has 1 aromatic heterocycles. The van der Waals surface area contributed by atoms with Crippen LogP contribution in [0, 0.1) is 6.92 Å². The lowest BCUT2D eigenvalue weighted by Crippen LogP contribution is -2.20. The van der Waals surface area contributed by atoms with Gasteiger partial charge in [-0.25, -0.2) is 4.79 Å². The summed E-state index contributed by atoms with van der Waals surface area (Å²) in [5.74, 6) is -0.195. The lowest BCUT2D eigenvalue weighted by molar-refractivity contribution is -0.138. The molecule has 0 saturated carbocycles. The number of fused-ring (bicyclic) bond motifs is 1. The number of aromatic nitrogens is 1. The van der Waals surface area contributed by atoms with Crippen molar-refractivity contribution in [1.82, 2.24) is 4.98 Å². The number of carbonyl (C=O) groups is 2. The summed E-state index contributed by atoms with van der Waals surface area (Å²) in [4.78, 5) is 28.0. The fourth-order valence-electron chi connectivity index (χ4n) is 4.15. The van der Waals surface area contributed by atoms with Crippen molar-refractivity contribution in [2.24, 2.45) is 0 Å². The molecule has 3 amide bonds. The van der Waals surface area contributed by atoms with Crippen molar-refractivity contribution in [2.75, 3.05) is 21.3 Å². The van der Waals surface area contributed by atoms with Gasteiger partial charge < -0.3 is 26.3 Å². The molecule has 7 nitrogen and oxygen atoms in total. The van der Waals surface area contributed by atoms with Gasteiger partial charge in [-0.15, -0.1) is 0 Å². The van der Waals surface area contributed by atoms with Crippen molar-refractivity contribution in [2.45, 2.75) is 13.1 Å². The highest BCUT2D eigenvalue weighted by Gasteiger charge is 2.32. The highest BCUT2D eigenvalue weighted by Crippen LogP contribution is 2.36. The first-order chi connectivity index (χ1) is 18.2. The molecule has 1 aliphatic heterocycles. The highest BCUT2D eigenvalue weighted by atomic mass is 19.4. The SMILES string of the molecule is Cc1ccc(NC(=O)Nc2cccc(Nc3ccc4c(c3)NC(=O)C4=Cc3ccc[nH]3)c2)cc1C(F)(F)F. The number of amides is 3. The van der Waals surface area contributed by atoms with Crippen LogP contribution in [0.1, 0.15) is 22.4 Å². The van der Waals surface area contributed by atoms with Gasteiger partial charge in [0.25, 0.3) is 5.91 Å². The van der Waals surface area contributed by atoms with Crippen LogP contribution in [0.25, 0.3) is 11.6 Å². The normalized spacial score (nSPS) is 13.7. The van der Waals surface area contributed by atoms with Crippen LogP contribution in [0.3, 0.4) is 0 Å². The van der Waals surface area contributed by atoms with Crippen LogP contribution in [0.5, 0.6) is 0 Å². The fourth-order valence-corrected chi connectivity index (χ4v) is 4.15. The Morgan fingerprint density at radius 2 is 1.58 bits per heavy atom. The first-order valence-corrected chi connectivity index (χ1v) is 11.6. The van der Waals surface area contributed by atoms with Crippen molar-refractivity contribution < 1.29 is 22.8 Å². The first-order valence-electron chi connectivity index (χ1n) is 11.6. The molecule has 10 heteroatoms. The lowest BCUT2D eigenvalue weighted by Gasteiger charge is -2.14. The topological polar surface area (TPSA) is 98.0 Å². The maximum Gasteiger partial charge on any atom is 0.416 e. The Morgan fingerprint density at radius 1 is 0.868 bits per heavy atom. The molecule has 0 atom stereocenters. The summed E-state index contributed by atoms with van der Waals surface area (Å²) >= 11 is 0. The highest BCUT2D eigenvalue weighted by molar-refractivity contribution is 6.35. The maximum absolute atomic E-state index is 13.2. The number of anilines is 5. The van der Waals surface area contributed by atoms with Crippen LogP contribution in [0.2, 0.25) is 0 Å². The van der Waals surface area contributed by atoms with Crippen LogP contribution < -0.4 is 21.3 Å². The summed E-state index contributed by atoms with van der Waals surface area (Å²) in [7, 11) is 0. The van der Waals surface area contributed by atoms with Crippen LogP contribution >= 0.6 is 0 Å². The standard InChI is InChI=1S/C28H22F3N5O2/c1-16-7-8-20(14-24(16)28(29,30)31)35-27(38)34-19-5-2-4-18(12-19)33-21-9-10-22-23(13-17-6-3-11-32-17)26(37)36-25(22)15-21/h2-15,32-33H,1H3,(H,36,37)(H2,34,35,38). The molecule has 0 saturated heterocycles. The van der Waals surface area contributed by atoms with Crippen molar-refractivity contribution in [1.29, 1.82) is 0 Å². The predicted octanol–water partition coefficient (Wildman–Crippen LogP) is 7.22. The van der Waals surface area contributed by atoms with E-state index in [1.807, 2.05) is 30.3 Å². The summed E-state index contributed by atoms with van der Waals surface area (Å²) in [6, 6.07) is 19.0. The number of H-pyrrole nitrogens is 1. The fraction of sp³-hybridized carbons (Fsp3) is 0.0714. The van der Waals surface area contributed by atoms with E-state index in [1.54, 1.807) is 36.5 Å². The summed E-state index contributed by atoms with van der Waals surface area (Å²) in [5.41, 5.74) is 3.93. The molecule has 192 valence electrons. The van der Waals surface area contributed by atoms with E-state index in [0.29, 0.717) is 28.3 Å². The van der Waals surface area contributed by atoms with Crippen LogP contribution in [0.4, 0.5) is 46.4 Å². The summed E-state index contributed by atoms with van der Waals surface area (Å²) in [6.07, 6.45) is -0.945. The molecule has 5 rings (SSSR count). The number of hydrogen-bond acceptors (Lipinski definition) is 3. The van der Waals surface area contributed by atoms with Crippen LogP contribution in [-0.4, -0.2) is 16.9 Å². The number of halogens is 3. The number of alkyl halides is 3. The summed E-state index contributed by atoms with van der Waals surface area (Å²) < 4.78 is 39.5. The molecule has 0 fully saturated rings. The number of carbonyl (C=O) groups excluding carboxylic acids is 2. The van der Waals surface area contributed by atoms with Gasteiger partial charge in [-0.1, -0.05) is 18.2 Å². The molecule has 0 bridgehead atoms. The third kappa shape index (κ3) is 5.39. The van der Waals surface area contributed by atoms with Gasteiger partial charge in [0.05, 0.1) is 16.8 Å². The van der Waals surface area contributed by atoms with Gasteiger partial charge in [0, 0.05) is 40.2 Å². The van der Waals surface area contributed by atoms with Gasteiger partial charge in [-0.05, 0) is 73.2 Å². The Morgan fingerprint density at radius 3 is 2.32 bits per heavy atom. The molecule has 0 radical (unpaired) electrons. The minimum Gasteiger partial charge on any atom is -0.362 e. The molecule has 0 unspecified atom stereocenters. The van der Waals surface area contributed by atoms with E-state index in [2.05, 4.69) is 26.3 Å². The Labute approximate surface area is 215 Å². The molecular formula is C28H22F3N5O2. The molecule has 4 aromatic rings. The Balaban J connectivity index is 1.27. The zero-order valence-electron chi connectivity index (χ0n) is 20.0. The van der Waals surface area contributed by atoms with Gasteiger partial charge in [0.15, 0.2) is 0 Å². The average Bonchev–Trinajstić information content (AvgIpc) is 3.47. The number of hydrogen-bond donors (Lipinski definition) is 5. The maximum atomic E-state index is 13.2.